The molecule has 0 aromatic heterocycles. The number of thioether (sulfide) groups is 1. The predicted molar refractivity (Wildman–Crippen MR) is 56.2 cm³/mol. The lowest BCUT2D eigenvalue weighted by molar-refractivity contribution is 0.250. The van der Waals surface area contributed by atoms with Crippen LogP contribution in [0.4, 0.5) is 0 Å². The average molecular weight is 206 g/mol. The summed E-state index contributed by atoms with van der Waals surface area (Å²) in [5.41, 5.74) is 5.35. The van der Waals surface area contributed by atoms with Gasteiger partial charge in [-0.15, -0.1) is 0 Å². The highest BCUT2D eigenvalue weighted by Crippen LogP contribution is 2.17. The molecule has 4 N–H and O–H groups in total. The Morgan fingerprint density at radius 1 is 1.54 bits per heavy atom. The molecule has 0 fully saturated rings. The first-order valence-corrected chi connectivity index (χ1v) is 5.33. The molecular weight excluding hydrogens is 188 g/mol. The van der Waals surface area contributed by atoms with Gasteiger partial charge in [0.15, 0.2) is 0 Å². The van der Waals surface area contributed by atoms with Crippen LogP contribution in [-0.4, -0.2) is 33.8 Å². The van der Waals surface area contributed by atoms with Gasteiger partial charge in [-0.05, 0) is 11.7 Å². The fraction of sp³-hybridized carbons (Fsp3) is 0.875. The zero-order chi connectivity index (χ0) is 10.3. The normalized spacial score (nSPS) is 17.0. The van der Waals surface area contributed by atoms with Crippen molar-refractivity contribution in [2.75, 3.05) is 12.4 Å². The molecule has 0 radical (unpaired) electrons. The number of rotatable bonds is 6. The van der Waals surface area contributed by atoms with Crippen molar-refractivity contribution in [3.8, 4) is 0 Å². The van der Waals surface area contributed by atoms with Crippen LogP contribution >= 0.6 is 11.8 Å². The van der Waals surface area contributed by atoms with Crippen LogP contribution in [-0.2, 0) is 0 Å². The molecule has 0 aliphatic carbocycles. The number of aliphatic hydroxyl groups is 1. The summed E-state index contributed by atoms with van der Waals surface area (Å²) in [5, 5.41) is 20.3. The molecule has 0 bridgehead atoms. The van der Waals surface area contributed by atoms with Crippen molar-refractivity contribution in [1.82, 2.24) is 0 Å². The SMILES string of the molecule is CC(CO)CSC(C)CC(N)=NO. The summed E-state index contributed by atoms with van der Waals surface area (Å²) < 4.78 is 0. The largest absolute Gasteiger partial charge is 0.409 e. The zero-order valence-corrected chi connectivity index (χ0v) is 8.92. The third-order valence-electron chi connectivity index (χ3n) is 1.60. The Morgan fingerprint density at radius 3 is 2.62 bits per heavy atom. The first-order valence-electron chi connectivity index (χ1n) is 4.29. The lowest BCUT2D eigenvalue weighted by Gasteiger charge is -2.12. The number of amidine groups is 1. The van der Waals surface area contributed by atoms with Crippen LogP contribution in [0.2, 0.25) is 0 Å². The van der Waals surface area contributed by atoms with Gasteiger partial charge in [0.25, 0.3) is 0 Å². The minimum atomic E-state index is 0.212. The van der Waals surface area contributed by atoms with Gasteiger partial charge in [0.2, 0.25) is 0 Å². The average Bonchev–Trinajstić information content (AvgIpc) is 2.13. The summed E-state index contributed by atoms with van der Waals surface area (Å²) in [5.74, 6) is 1.47. The second-order valence-corrected chi connectivity index (χ2v) is 4.70. The topological polar surface area (TPSA) is 78.8 Å². The van der Waals surface area contributed by atoms with Crippen LogP contribution in [0.25, 0.3) is 0 Å². The maximum atomic E-state index is 8.77. The van der Waals surface area contributed by atoms with Gasteiger partial charge in [-0.3, -0.25) is 0 Å². The molecule has 0 rings (SSSR count). The van der Waals surface area contributed by atoms with Crippen molar-refractivity contribution < 1.29 is 10.3 Å². The molecule has 0 heterocycles. The van der Waals surface area contributed by atoms with Crippen LogP contribution in [0.1, 0.15) is 20.3 Å². The Kier molecular flexibility index (Phi) is 6.80. The van der Waals surface area contributed by atoms with Gasteiger partial charge in [-0.1, -0.05) is 19.0 Å². The molecule has 0 aromatic rings. The monoisotopic (exact) mass is 206 g/mol. The van der Waals surface area contributed by atoms with E-state index in [9.17, 15) is 0 Å². The molecule has 2 unspecified atom stereocenters. The predicted octanol–water partition coefficient (Wildman–Crippen LogP) is 0.873. The molecule has 0 saturated heterocycles. The molecule has 4 nitrogen and oxygen atoms in total. The van der Waals surface area contributed by atoms with Gasteiger partial charge in [-0.2, -0.15) is 11.8 Å². The summed E-state index contributed by atoms with van der Waals surface area (Å²) in [6, 6.07) is 0. The summed E-state index contributed by atoms with van der Waals surface area (Å²) >= 11 is 1.72. The molecule has 0 aliphatic heterocycles. The molecule has 5 heteroatoms. The van der Waals surface area contributed by atoms with Crippen LogP contribution in [0.3, 0.4) is 0 Å². The van der Waals surface area contributed by atoms with Crippen molar-refractivity contribution in [3.05, 3.63) is 0 Å². The summed E-state index contributed by atoms with van der Waals surface area (Å²) in [6.07, 6.45) is 0.583. The summed E-state index contributed by atoms with van der Waals surface area (Å²) in [6.45, 7) is 4.22. The van der Waals surface area contributed by atoms with Gasteiger partial charge in [-0.25, -0.2) is 0 Å². The first-order chi connectivity index (χ1) is 6.10. The number of nitrogens with zero attached hydrogens (tertiary/aromatic N) is 1. The van der Waals surface area contributed by atoms with E-state index < -0.39 is 0 Å². The van der Waals surface area contributed by atoms with E-state index in [0.717, 1.165) is 5.75 Å². The lowest BCUT2D eigenvalue weighted by Crippen LogP contribution is -2.17. The maximum absolute atomic E-state index is 8.77. The van der Waals surface area contributed by atoms with E-state index in [0.29, 0.717) is 17.6 Å². The Bertz CT molecular complexity index is 164. The minimum absolute atomic E-state index is 0.212. The molecular formula is C8H18N2O2S. The van der Waals surface area contributed by atoms with Crippen molar-refractivity contribution in [3.63, 3.8) is 0 Å². The highest BCUT2D eigenvalue weighted by Gasteiger charge is 2.08. The molecule has 0 spiro atoms. The fourth-order valence-electron chi connectivity index (χ4n) is 0.776. The van der Waals surface area contributed by atoms with E-state index in [1.54, 1.807) is 11.8 Å². The van der Waals surface area contributed by atoms with Gasteiger partial charge in [0, 0.05) is 18.3 Å². The Morgan fingerprint density at radius 2 is 2.15 bits per heavy atom. The zero-order valence-electron chi connectivity index (χ0n) is 8.10. The highest BCUT2D eigenvalue weighted by atomic mass is 32.2. The fourth-order valence-corrected chi connectivity index (χ4v) is 1.83. The number of aliphatic hydroxyl groups excluding tert-OH is 1. The number of hydrogen-bond acceptors (Lipinski definition) is 4. The van der Waals surface area contributed by atoms with E-state index in [4.69, 9.17) is 16.0 Å². The third kappa shape index (κ3) is 6.72. The number of oxime groups is 1. The Hall–Kier alpha value is -0.420. The standard InChI is InChI=1S/C8H18N2O2S/c1-6(4-11)5-13-7(2)3-8(9)10-12/h6-7,11-12H,3-5H2,1-2H3,(H2,9,10). The van der Waals surface area contributed by atoms with E-state index in [1.165, 1.54) is 0 Å². The van der Waals surface area contributed by atoms with Gasteiger partial charge >= 0.3 is 0 Å². The van der Waals surface area contributed by atoms with Gasteiger partial charge in [0.1, 0.15) is 5.84 Å². The van der Waals surface area contributed by atoms with E-state index in [2.05, 4.69) is 5.16 Å². The Labute approximate surface area is 83.2 Å². The Balaban J connectivity index is 3.57. The second kappa shape index (κ2) is 7.03. The third-order valence-corrected chi connectivity index (χ3v) is 3.10. The van der Waals surface area contributed by atoms with Gasteiger partial charge in [0.05, 0.1) is 0 Å². The van der Waals surface area contributed by atoms with Crippen LogP contribution in [0.5, 0.6) is 0 Å². The van der Waals surface area contributed by atoms with Crippen molar-refractivity contribution in [1.29, 1.82) is 0 Å². The van der Waals surface area contributed by atoms with Crippen LogP contribution in [0, 0.1) is 5.92 Å². The molecule has 0 aliphatic rings. The van der Waals surface area contributed by atoms with E-state index in [1.807, 2.05) is 13.8 Å². The van der Waals surface area contributed by atoms with E-state index >= 15 is 0 Å². The second-order valence-electron chi connectivity index (χ2n) is 3.23. The maximum Gasteiger partial charge on any atom is 0.140 e. The molecule has 0 amide bonds. The van der Waals surface area contributed by atoms with Gasteiger partial charge < -0.3 is 16.0 Å². The molecule has 13 heavy (non-hydrogen) atoms. The highest BCUT2D eigenvalue weighted by molar-refractivity contribution is 7.99. The summed E-state index contributed by atoms with van der Waals surface area (Å²) in [4.78, 5) is 0. The lowest BCUT2D eigenvalue weighted by atomic mass is 10.2. The van der Waals surface area contributed by atoms with Crippen molar-refractivity contribution in [2.24, 2.45) is 16.8 Å². The number of nitrogens with two attached hydrogens (primary N) is 1. The van der Waals surface area contributed by atoms with Crippen LogP contribution < -0.4 is 5.73 Å². The summed E-state index contributed by atoms with van der Waals surface area (Å²) in [7, 11) is 0. The van der Waals surface area contributed by atoms with E-state index in [-0.39, 0.29) is 12.4 Å². The molecule has 78 valence electrons. The molecule has 0 saturated carbocycles. The smallest absolute Gasteiger partial charge is 0.140 e. The number of hydrogen-bond donors (Lipinski definition) is 3. The first kappa shape index (κ1) is 12.6. The molecule has 0 aromatic carbocycles. The quantitative estimate of drug-likeness (QED) is 0.261. The minimum Gasteiger partial charge on any atom is -0.409 e. The van der Waals surface area contributed by atoms with Crippen molar-refractivity contribution in [2.45, 2.75) is 25.5 Å². The van der Waals surface area contributed by atoms with Crippen LogP contribution in [0.15, 0.2) is 5.16 Å². The molecule has 2 atom stereocenters. The van der Waals surface area contributed by atoms with Crippen molar-refractivity contribution >= 4 is 17.6 Å².